The number of phenols is 1. The van der Waals surface area contributed by atoms with Crippen molar-refractivity contribution in [2.24, 2.45) is 5.92 Å². The van der Waals surface area contributed by atoms with Crippen LogP contribution in [0.25, 0.3) is 0 Å². The Kier molecular flexibility index (Phi) is 5.70. The molecule has 0 amide bonds. The number of halogens is 1. The summed E-state index contributed by atoms with van der Waals surface area (Å²) in [5.74, 6) is 0.896. The Hall–Kier alpha value is -0.770. The van der Waals surface area contributed by atoms with E-state index in [1.807, 2.05) is 6.07 Å². The smallest absolute Gasteiger partial charge is 0.121 e. The Balaban J connectivity index is 1.90. The largest absolute Gasteiger partial charge is 0.508 e. The molecule has 0 spiro atoms. The van der Waals surface area contributed by atoms with Crippen molar-refractivity contribution in [1.29, 1.82) is 0 Å². The second-order valence-corrected chi connectivity index (χ2v) is 6.33. The number of nitrogens with one attached hydrogen (secondary N) is 1. The van der Waals surface area contributed by atoms with Crippen LogP contribution in [-0.4, -0.2) is 35.7 Å². The lowest BCUT2D eigenvalue weighted by Crippen LogP contribution is -2.44. The zero-order chi connectivity index (χ0) is 14.5. The summed E-state index contributed by atoms with van der Waals surface area (Å²) in [6.45, 7) is 8.52. The van der Waals surface area contributed by atoms with E-state index in [-0.39, 0.29) is 5.75 Å². The minimum absolute atomic E-state index is 0.271. The molecule has 0 bridgehead atoms. The van der Waals surface area contributed by atoms with E-state index in [0.29, 0.717) is 23.5 Å². The fraction of sp³-hybridized carbons (Fsp3) is 0.625. The maximum Gasteiger partial charge on any atom is 0.121 e. The number of rotatable bonds is 6. The molecule has 0 aliphatic carbocycles. The maximum atomic E-state index is 9.84. The van der Waals surface area contributed by atoms with E-state index in [2.05, 4.69) is 24.1 Å². The third-order valence-corrected chi connectivity index (χ3v) is 4.48. The van der Waals surface area contributed by atoms with Gasteiger partial charge in [-0.15, -0.1) is 0 Å². The van der Waals surface area contributed by atoms with E-state index in [0.717, 1.165) is 12.1 Å². The molecule has 2 N–H and O–H groups in total. The van der Waals surface area contributed by atoms with Crippen LogP contribution in [0, 0.1) is 5.92 Å². The Morgan fingerprint density at radius 3 is 2.60 bits per heavy atom. The van der Waals surface area contributed by atoms with Crippen LogP contribution in [0.2, 0.25) is 5.02 Å². The van der Waals surface area contributed by atoms with Crippen LogP contribution >= 0.6 is 11.6 Å². The molecule has 0 aromatic heterocycles. The molecule has 20 heavy (non-hydrogen) atoms. The molecular weight excluding hydrogens is 272 g/mol. The second-order valence-electron chi connectivity index (χ2n) is 5.92. The van der Waals surface area contributed by atoms with Crippen molar-refractivity contribution >= 4 is 11.6 Å². The van der Waals surface area contributed by atoms with Crippen LogP contribution in [0.15, 0.2) is 18.2 Å². The summed E-state index contributed by atoms with van der Waals surface area (Å²) < 4.78 is 0. The fourth-order valence-electron chi connectivity index (χ4n) is 2.93. The predicted molar refractivity (Wildman–Crippen MR) is 84.3 cm³/mol. The average molecular weight is 297 g/mol. The standard InChI is InChI=1S/C16H25ClN2O/c1-12(2)15(19-8-3-4-9-19)11-18-10-13-14(17)6-5-7-16(13)20/h5-7,12,15,18,20H,3-4,8-11H2,1-2H3. The molecule has 4 heteroatoms. The Bertz CT molecular complexity index is 410. The topological polar surface area (TPSA) is 35.5 Å². The summed E-state index contributed by atoms with van der Waals surface area (Å²) in [5.41, 5.74) is 0.790. The van der Waals surface area contributed by atoms with Crippen molar-refractivity contribution < 1.29 is 5.11 Å². The van der Waals surface area contributed by atoms with Gasteiger partial charge in [0.05, 0.1) is 0 Å². The Morgan fingerprint density at radius 1 is 1.30 bits per heavy atom. The highest BCUT2D eigenvalue weighted by Gasteiger charge is 2.24. The number of likely N-dealkylation sites (tertiary alicyclic amines) is 1. The molecule has 2 rings (SSSR count). The molecule has 0 saturated carbocycles. The fourth-order valence-corrected chi connectivity index (χ4v) is 3.16. The number of hydrogen-bond donors (Lipinski definition) is 2. The van der Waals surface area contributed by atoms with Gasteiger partial charge in [-0.3, -0.25) is 4.90 Å². The number of hydrogen-bond acceptors (Lipinski definition) is 3. The van der Waals surface area contributed by atoms with Crippen LogP contribution in [0.1, 0.15) is 32.3 Å². The van der Waals surface area contributed by atoms with Gasteiger partial charge in [0.2, 0.25) is 0 Å². The zero-order valence-corrected chi connectivity index (χ0v) is 13.2. The van der Waals surface area contributed by atoms with Gasteiger partial charge < -0.3 is 10.4 Å². The molecule has 1 aromatic carbocycles. The Morgan fingerprint density at radius 2 is 2.00 bits per heavy atom. The third kappa shape index (κ3) is 3.87. The summed E-state index contributed by atoms with van der Waals surface area (Å²) in [6.07, 6.45) is 2.63. The van der Waals surface area contributed by atoms with Crippen LogP contribution < -0.4 is 5.32 Å². The van der Waals surface area contributed by atoms with Crippen molar-refractivity contribution in [3.63, 3.8) is 0 Å². The zero-order valence-electron chi connectivity index (χ0n) is 12.4. The lowest BCUT2D eigenvalue weighted by molar-refractivity contribution is 0.186. The minimum Gasteiger partial charge on any atom is -0.508 e. The summed E-state index contributed by atoms with van der Waals surface area (Å²) in [5, 5.41) is 13.9. The molecule has 1 unspecified atom stereocenters. The minimum atomic E-state index is 0.271. The number of phenolic OH excluding ortho intramolecular Hbond substituents is 1. The number of aromatic hydroxyl groups is 1. The van der Waals surface area contributed by atoms with Crippen molar-refractivity contribution in [2.45, 2.75) is 39.3 Å². The number of nitrogens with zero attached hydrogens (tertiary/aromatic N) is 1. The lowest BCUT2D eigenvalue weighted by Gasteiger charge is -2.31. The molecule has 1 atom stereocenters. The van der Waals surface area contributed by atoms with Crippen LogP contribution in [-0.2, 0) is 6.54 Å². The van der Waals surface area contributed by atoms with Gasteiger partial charge in [-0.2, -0.15) is 0 Å². The molecule has 1 aliphatic rings. The van der Waals surface area contributed by atoms with Crippen LogP contribution in [0.3, 0.4) is 0 Å². The first-order valence-electron chi connectivity index (χ1n) is 7.50. The highest BCUT2D eigenvalue weighted by atomic mass is 35.5. The molecule has 1 heterocycles. The summed E-state index contributed by atoms with van der Waals surface area (Å²) in [6, 6.07) is 5.83. The molecule has 1 aliphatic heterocycles. The molecule has 1 fully saturated rings. The third-order valence-electron chi connectivity index (χ3n) is 4.13. The molecule has 1 aromatic rings. The van der Waals surface area contributed by atoms with Gasteiger partial charge in [-0.25, -0.2) is 0 Å². The van der Waals surface area contributed by atoms with Gasteiger partial charge in [0.15, 0.2) is 0 Å². The molecule has 3 nitrogen and oxygen atoms in total. The highest BCUT2D eigenvalue weighted by molar-refractivity contribution is 6.31. The van der Waals surface area contributed by atoms with Crippen molar-refractivity contribution in [2.75, 3.05) is 19.6 Å². The van der Waals surface area contributed by atoms with E-state index in [1.165, 1.54) is 25.9 Å². The molecule has 0 radical (unpaired) electrons. The SMILES string of the molecule is CC(C)C(CNCc1c(O)cccc1Cl)N1CCCC1. The van der Waals surface area contributed by atoms with Crippen molar-refractivity contribution in [1.82, 2.24) is 10.2 Å². The van der Waals surface area contributed by atoms with Crippen LogP contribution in [0.5, 0.6) is 5.75 Å². The van der Waals surface area contributed by atoms with E-state index >= 15 is 0 Å². The highest BCUT2D eigenvalue weighted by Crippen LogP contribution is 2.25. The predicted octanol–water partition coefficient (Wildman–Crippen LogP) is 3.26. The van der Waals surface area contributed by atoms with Gasteiger partial charge in [0, 0.05) is 29.7 Å². The van der Waals surface area contributed by atoms with Gasteiger partial charge >= 0.3 is 0 Å². The first kappa shape index (κ1) is 15.6. The summed E-state index contributed by atoms with van der Waals surface area (Å²) in [7, 11) is 0. The van der Waals surface area contributed by atoms with Gasteiger partial charge in [-0.1, -0.05) is 31.5 Å². The number of benzene rings is 1. The first-order chi connectivity index (χ1) is 9.59. The van der Waals surface area contributed by atoms with E-state index in [4.69, 9.17) is 11.6 Å². The monoisotopic (exact) mass is 296 g/mol. The van der Waals surface area contributed by atoms with Crippen molar-refractivity contribution in [3.05, 3.63) is 28.8 Å². The van der Waals surface area contributed by atoms with E-state index < -0.39 is 0 Å². The molecular formula is C16H25ClN2O. The normalized spacial score (nSPS) is 17.8. The lowest BCUT2D eigenvalue weighted by atomic mass is 10.0. The van der Waals surface area contributed by atoms with Gasteiger partial charge in [-0.05, 0) is 44.0 Å². The molecule has 1 saturated heterocycles. The quantitative estimate of drug-likeness (QED) is 0.846. The van der Waals surface area contributed by atoms with Crippen molar-refractivity contribution in [3.8, 4) is 5.75 Å². The average Bonchev–Trinajstić information content (AvgIpc) is 2.90. The van der Waals surface area contributed by atoms with E-state index in [1.54, 1.807) is 12.1 Å². The van der Waals surface area contributed by atoms with Gasteiger partial charge in [0.25, 0.3) is 0 Å². The van der Waals surface area contributed by atoms with Crippen LogP contribution in [0.4, 0.5) is 0 Å². The Labute approximate surface area is 126 Å². The first-order valence-corrected chi connectivity index (χ1v) is 7.88. The maximum absolute atomic E-state index is 9.84. The molecule has 112 valence electrons. The van der Waals surface area contributed by atoms with Gasteiger partial charge in [0.1, 0.15) is 5.75 Å². The summed E-state index contributed by atoms with van der Waals surface area (Å²) >= 11 is 6.12. The second kappa shape index (κ2) is 7.30. The summed E-state index contributed by atoms with van der Waals surface area (Å²) in [4.78, 5) is 2.57. The van der Waals surface area contributed by atoms with E-state index in [9.17, 15) is 5.11 Å².